The van der Waals surface area contributed by atoms with Gasteiger partial charge in [-0.2, -0.15) is 0 Å². The van der Waals surface area contributed by atoms with E-state index in [1.54, 1.807) is 24.3 Å². The second kappa shape index (κ2) is 4.86. The first-order valence-electron chi connectivity index (χ1n) is 5.52. The van der Waals surface area contributed by atoms with Gasteiger partial charge in [-0.05, 0) is 17.2 Å². The number of alkyl halides is 2. The van der Waals surface area contributed by atoms with Gasteiger partial charge in [-0.3, -0.25) is 4.79 Å². The number of carbonyl (C=O) groups excluding carboxylic acids is 1. The molecule has 0 spiro atoms. The van der Waals surface area contributed by atoms with Gasteiger partial charge >= 0.3 is 0 Å². The summed E-state index contributed by atoms with van der Waals surface area (Å²) in [7, 11) is 0. The molecular formula is C13H13F2NO2. The highest BCUT2D eigenvalue weighted by atomic mass is 19.1. The largest absolute Gasteiger partial charge is 0.394 e. The van der Waals surface area contributed by atoms with Gasteiger partial charge in [0.15, 0.2) is 0 Å². The molecule has 0 aromatic rings. The summed E-state index contributed by atoms with van der Waals surface area (Å²) in [6, 6.07) is 0. The highest BCUT2D eigenvalue weighted by Crippen LogP contribution is 2.31. The van der Waals surface area contributed by atoms with Gasteiger partial charge in [0.1, 0.15) is 18.9 Å². The van der Waals surface area contributed by atoms with Crippen LogP contribution in [0.15, 0.2) is 47.1 Å². The van der Waals surface area contributed by atoms with Crippen LogP contribution in [0.1, 0.15) is 0 Å². The zero-order valence-electron chi connectivity index (χ0n) is 9.62. The fourth-order valence-electron chi connectivity index (χ4n) is 1.82. The van der Waals surface area contributed by atoms with E-state index in [2.05, 4.69) is 5.32 Å². The zero-order chi connectivity index (χ0) is 13.2. The SMILES string of the molecule is O=C(NC(CO)(CF)CF)C1=CC=C2C=CC=C21. The summed E-state index contributed by atoms with van der Waals surface area (Å²) >= 11 is 0. The Kier molecular flexibility index (Phi) is 3.43. The number of nitrogens with one attached hydrogen (secondary N) is 1. The minimum Gasteiger partial charge on any atom is -0.394 e. The molecular weight excluding hydrogens is 240 g/mol. The predicted octanol–water partition coefficient (Wildman–Crippen LogP) is 1.14. The molecule has 0 radical (unpaired) electrons. The fraction of sp³-hybridized carbons (Fsp3) is 0.308. The van der Waals surface area contributed by atoms with Gasteiger partial charge in [0.25, 0.3) is 5.91 Å². The predicted molar refractivity (Wildman–Crippen MR) is 63.3 cm³/mol. The van der Waals surface area contributed by atoms with Crippen LogP contribution < -0.4 is 5.32 Å². The molecule has 0 bridgehead atoms. The van der Waals surface area contributed by atoms with Crippen LogP contribution in [0.2, 0.25) is 0 Å². The Morgan fingerprint density at radius 2 is 2.00 bits per heavy atom. The normalized spacial score (nSPS) is 17.2. The standard InChI is InChI=1S/C13H13F2NO2/c14-6-13(7-15,8-17)16-12(18)11-5-4-9-2-1-3-10(9)11/h1-5,17H,6-8H2,(H,16,18). The maximum atomic E-state index is 12.8. The molecule has 18 heavy (non-hydrogen) atoms. The molecule has 0 unspecified atom stereocenters. The number of halogens is 2. The fourth-order valence-corrected chi connectivity index (χ4v) is 1.82. The zero-order valence-corrected chi connectivity index (χ0v) is 9.62. The van der Waals surface area contributed by atoms with Gasteiger partial charge in [-0.25, -0.2) is 8.78 Å². The van der Waals surface area contributed by atoms with E-state index < -0.39 is 31.4 Å². The third-order valence-corrected chi connectivity index (χ3v) is 3.01. The third-order valence-electron chi connectivity index (χ3n) is 3.01. The van der Waals surface area contributed by atoms with Crippen molar-refractivity contribution in [3.63, 3.8) is 0 Å². The number of allylic oxidation sites excluding steroid dienone is 6. The van der Waals surface area contributed by atoms with E-state index in [9.17, 15) is 13.6 Å². The minimum atomic E-state index is -1.84. The van der Waals surface area contributed by atoms with Gasteiger partial charge in [-0.1, -0.05) is 24.3 Å². The molecule has 2 rings (SSSR count). The first-order chi connectivity index (χ1) is 8.65. The van der Waals surface area contributed by atoms with Crippen molar-refractivity contribution in [1.29, 1.82) is 0 Å². The summed E-state index contributed by atoms with van der Waals surface area (Å²) in [6.07, 6.45) is 8.75. The summed E-state index contributed by atoms with van der Waals surface area (Å²) in [5.41, 5.74) is 0.148. The summed E-state index contributed by atoms with van der Waals surface area (Å²) < 4.78 is 25.5. The minimum absolute atomic E-state index is 0.356. The Hall–Kier alpha value is -1.75. The first-order valence-corrected chi connectivity index (χ1v) is 5.52. The van der Waals surface area contributed by atoms with Crippen molar-refractivity contribution in [1.82, 2.24) is 5.32 Å². The Balaban J connectivity index is 2.11. The van der Waals surface area contributed by atoms with Gasteiger partial charge in [0.05, 0.1) is 6.61 Å². The van der Waals surface area contributed by atoms with E-state index in [1.165, 1.54) is 0 Å². The molecule has 96 valence electrons. The van der Waals surface area contributed by atoms with Crippen molar-refractivity contribution in [2.75, 3.05) is 20.0 Å². The van der Waals surface area contributed by atoms with Crippen LogP contribution in [-0.2, 0) is 4.79 Å². The molecule has 5 heteroatoms. The van der Waals surface area contributed by atoms with Crippen molar-refractivity contribution < 1.29 is 18.7 Å². The van der Waals surface area contributed by atoms with Gasteiger partial charge < -0.3 is 10.4 Å². The molecule has 0 aromatic carbocycles. The highest BCUT2D eigenvalue weighted by molar-refractivity contribution is 6.02. The quantitative estimate of drug-likeness (QED) is 0.771. The van der Waals surface area contributed by atoms with Gasteiger partial charge in [0, 0.05) is 5.57 Å². The molecule has 0 saturated heterocycles. The Morgan fingerprint density at radius 1 is 1.28 bits per heavy atom. The van der Waals surface area contributed by atoms with Crippen LogP contribution in [0.4, 0.5) is 8.78 Å². The van der Waals surface area contributed by atoms with Crippen molar-refractivity contribution in [3.8, 4) is 0 Å². The molecule has 2 aliphatic rings. The molecule has 0 saturated carbocycles. The smallest absolute Gasteiger partial charge is 0.252 e. The van der Waals surface area contributed by atoms with Crippen molar-refractivity contribution in [3.05, 3.63) is 47.1 Å². The van der Waals surface area contributed by atoms with Crippen LogP contribution in [0.5, 0.6) is 0 Å². The summed E-state index contributed by atoms with van der Waals surface area (Å²) in [6.45, 7) is -3.09. The molecule has 0 aromatic heterocycles. The summed E-state index contributed by atoms with van der Waals surface area (Å²) in [5, 5.41) is 11.2. The second-order valence-electron chi connectivity index (χ2n) is 4.30. The average molecular weight is 253 g/mol. The van der Waals surface area contributed by atoms with E-state index in [1.807, 2.05) is 6.08 Å². The molecule has 2 aliphatic carbocycles. The average Bonchev–Trinajstić information content (AvgIpc) is 2.98. The van der Waals surface area contributed by atoms with Crippen molar-refractivity contribution in [2.24, 2.45) is 0 Å². The number of rotatable bonds is 5. The van der Waals surface area contributed by atoms with Crippen LogP contribution >= 0.6 is 0 Å². The number of fused-ring (bicyclic) bond motifs is 1. The number of carbonyl (C=O) groups is 1. The van der Waals surface area contributed by atoms with Gasteiger partial charge in [-0.15, -0.1) is 0 Å². The van der Waals surface area contributed by atoms with E-state index >= 15 is 0 Å². The Bertz CT molecular complexity index is 477. The lowest BCUT2D eigenvalue weighted by Gasteiger charge is -2.27. The molecule has 2 N–H and O–H groups in total. The second-order valence-corrected chi connectivity index (χ2v) is 4.30. The monoisotopic (exact) mass is 253 g/mol. The number of hydrogen-bond donors (Lipinski definition) is 2. The van der Waals surface area contributed by atoms with E-state index in [0.717, 1.165) is 11.1 Å². The molecule has 1 amide bonds. The van der Waals surface area contributed by atoms with Crippen molar-refractivity contribution in [2.45, 2.75) is 5.54 Å². The van der Waals surface area contributed by atoms with Crippen LogP contribution in [0.3, 0.4) is 0 Å². The van der Waals surface area contributed by atoms with Crippen LogP contribution in [-0.4, -0.2) is 36.5 Å². The highest BCUT2D eigenvalue weighted by Gasteiger charge is 2.34. The topological polar surface area (TPSA) is 49.3 Å². The maximum absolute atomic E-state index is 12.8. The third kappa shape index (κ3) is 2.01. The number of aliphatic hydroxyl groups is 1. The van der Waals surface area contributed by atoms with E-state index in [4.69, 9.17) is 5.11 Å². The number of aliphatic hydroxyl groups excluding tert-OH is 1. The first kappa shape index (κ1) is 12.7. The lowest BCUT2D eigenvalue weighted by atomic mass is 10.0. The summed E-state index contributed by atoms with van der Waals surface area (Å²) in [5.74, 6) is -0.583. The lowest BCUT2D eigenvalue weighted by Crippen LogP contribution is -2.55. The molecule has 3 nitrogen and oxygen atoms in total. The molecule has 0 heterocycles. The van der Waals surface area contributed by atoms with E-state index in [-0.39, 0.29) is 0 Å². The lowest BCUT2D eigenvalue weighted by molar-refractivity contribution is -0.120. The van der Waals surface area contributed by atoms with Crippen LogP contribution in [0.25, 0.3) is 0 Å². The Morgan fingerprint density at radius 3 is 2.61 bits per heavy atom. The molecule has 0 atom stereocenters. The van der Waals surface area contributed by atoms with Gasteiger partial charge in [0.2, 0.25) is 0 Å². The maximum Gasteiger partial charge on any atom is 0.252 e. The van der Waals surface area contributed by atoms with E-state index in [0.29, 0.717) is 5.57 Å². The van der Waals surface area contributed by atoms with Crippen molar-refractivity contribution >= 4 is 5.91 Å². The number of amides is 1. The molecule has 0 aliphatic heterocycles. The molecule has 0 fully saturated rings. The Labute approximate surface area is 103 Å². The van der Waals surface area contributed by atoms with Crippen LogP contribution in [0, 0.1) is 0 Å². The summed E-state index contributed by atoms with van der Waals surface area (Å²) in [4.78, 5) is 12.0. The number of hydrogen-bond acceptors (Lipinski definition) is 2.